The number of aryl methyl sites for hydroxylation is 1. The molecule has 7 heteroatoms. The molecule has 0 unspecified atom stereocenters. The molecule has 0 aliphatic carbocycles. The number of rotatable bonds is 3. The zero-order valence-corrected chi connectivity index (χ0v) is 18.5. The minimum Gasteiger partial charge on any atom is -0.324 e. The molecule has 3 aliphatic heterocycles. The molecule has 3 aliphatic rings. The van der Waals surface area contributed by atoms with Gasteiger partial charge in [0.1, 0.15) is 6.04 Å². The summed E-state index contributed by atoms with van der Waals surface area (Å²) in [5, 5.41) is 9.13. The summed E-state index contributed by atoms with van der Waals surface area (Å²) in [7, 11) is 0. The first-order valence-corrected chi connectivity index (χ1v) is 11.3. The molecule has 3 aromatic rings. The van der Waals surface area contributed by atoms with Crippen molar-refractivity contribution in [1.29, 1.82) is 0 Å². The molecular formula is C27H22N4O3. The van der Waals surface area contributed by atoms with Gasteiger partial charge in [0, 0.05) is 5.69 Å². The monoisotopic (exact) mass is 450 g/mol. The Morgan fingerprint density at radius 1 is 0.853 bits per heavy atom. The Bertz CT molecular complexity index is 1340. The molecule has 6 rings (SSSR count). The van der Waals surface area contributed by atoms with Crippen LogP contribution in [0.15, 0.2) is 84.0 Å². The lowest BCUT2D eigenvalue weighted by Crippen LogP contribution is -2.46. The standard InChI is InChI=1S/C27H22N4O3/c1-16-11-13-19(14-12-16)30-26(33)21-22(27(30)34)24(25(32)29-18-8-3-2-4-9-18)31-23(21)20-10-6-5-7-17(20)15-28-31/h2-15,21-24H,1H3,(H,29,32)/t21-,22+,23+,24-/m0/s1. The first-order chi connectivity index (χ1) is 16.5. The number of amides is 3. The van der Waals surface area contributed by atoms with Gasteiger partial charge >= 0.3 is 0 Å². The van der Waals surface area contributed by atoms with Crippen LogP contribution in [0.1, 0.15) is 22.7 Å². The smallest absolute Gasteiger partial charge is 0.249 e. The van der Waals surface area contributed by atoms with Crippen molar-refractivity contribution < 1.29 is 14.4 Å². The number of benzene rings is 3. The zero-order valence-electron chi connectivity index (χ0n) is 18.5. The summed E-state index contributed by atoms with van der Waals surface area (Å²) in [6.45, 7) is 1.95. The summed E-state index contributed by atoms with van der Waals surface area (Å²) < 4.78 is 0. The molecule has 0 saturated carbocycles. The summed E-state index contributed by atoms with van der Waals surface area (Å²) in [4.78, 5) is 42.3. The van der Waals surface area contributed by atoms with Gasteiger partial charge in [-0.1, -0.05) is 60.2 Å². The molecule has 0 bridgehead atoms. The molecular weight excluding hydrogens is 428 g/mol. The molecule has 3 aromatic carbocycles. The van der Waals surface area contributed by atoms with Gasteiger partial charge in [-0.2, -0.15) is 5.10 Å². The minimum atomic E-state index is -0.910. The number of nitrogens with one attached hydrogen (secondary N) is 1. The summed E-state index contributed by atoms with van der Waals surface area (Å²) >= 11 is 0. The molecule has 1 N–H and O–H groups in total. The number of nitrogens with zero attached hydrogens (tertiary/aromatic N) is 3. The fraction of sp³-hybridized carbons (Fsp3) is 0.185. The van der Waals surface area contributed by atoms with Crippen LogP contribution >= 0.6 is 0 Å². The van der Waals surface area contributed by atoms with E-state index in [4.69, 9.17) is 0 Å². The third-order valence-electron chi connectivity index (χ3n) is 6.90. The summed E-state index contributed by atoms with van der Waals surface area (Å²) in [5.74, 6) is -2.57. The van der Waals surface area contributed by atoms with Crippen LogP contribution in [0.2, 0.25) is 0 Å². The Kier molecular flexibility index (Phi) is 4.58. The Morgan fingerprint density at radius 2 is 1.53 bits per heavy atom. The van der Waals surface area contributed by atoms with Crippen LogP contribution in [-0.2, 0) is 14.4 Å². The molecule has 0 spiro atoms. The van der Waals surface area contributed by atoms with Gasteiger partial charge in [0.2, 0.25) is 17.7 Å². The predicted octanol–water partition coefficient (Wildman–Crippen LogP) is 3.51. The Labute approximate surface area is 196 Å². The second kappa shape index (κ2) is 7.66. The van der Waals surface area contributed by atoms with Gasteiger partial charge in [0.05, 0.1) is 29.8 Å². The molecule has 0 radical (unpaired) electrons. The van der Waals surface area contributed by atoms with Crippen LogP contribution in [0.5, 0.6) is 0 Å². The van der Waals surface area contributed by atoms with Crippen molar-refractivity contribution in [3.05, 3.63) is 95.6 Å². The number of fused-ring (bicyclic) bond motifs is 5. The van der Waals surface area contributed by atoms with E-state index in [0.29, 0.717) is 11.4 Å². The third kappa shape index (κ3) is 2.97. The van der Waals surface area contributed by atoms with Gasteiger partial charge in [0.25, 0.3) is 0 Å². The fourth-order valence-corrected chi connectivity index (χ4v) is 5.35. The highest BCUT2D eigenvalue weighted by Crippen LogP contribution is 2.52. The Morgan fingerprint density at radius 3 is 2.29 bits per heavy atom. The van der Waals surface area contributed by atoms with Crippen molar-refractivity contribution in [1.82, 2.24) is 5.01 Å². The lowest BCUT2D eigenvalue weighted by atomic mass is 9.85. The number of anilines is 2. The molecule has 2 fully saturated rings. The van der Waals surface area contributed by atoms with Crippen molar-refractivity contribution in [3.8, 4) is 0 Å². The van der Waals surface area contributed by atoms with Crippen LogP contribution in [0.3, 0.4) is 0 Å². The van der Waals surface area contributed by atoms with Crippen LogP contribution in [0.4, 0.5) is 11.4 Å². The van der Waals surface area contributed by atoms with E-state index in [-0.39, 0.29) is 17.7 Å². The van der Waals surface area contributed by atoms with Crippen molar-refractivity contribution in [2.24, 2.45) is 16.9 Å². The molecule has 3 amide bonds. The van der Waals surface area contributed by atoms with E-state index < -0.39 is 23.9 Å². The van der Waals surface area contributed by atoms with Crippen LogP contribution in [0.25, 0.3) is 0 Å². The molecule has 2 saturated heterocycles. The SMILES string of the molecule is Cc1ccc(N2C(=O)[C@@H]3[C@H](C2=O)[C@H]2c4ccccc4C=NN2[C@@H]3C(=O)Nc2ccccc2)cc1. The second-order valence-corrected chi connectivity index (χ2v) is 8.90. The number of carbonyl (C=O) groups is 3. The highest BCUT2D eigenvalue weighted by Gasteiger charge is 2.65. The van der Waals surface area contributed by atoms with Gasteiger partial charge in [-0.3, -0.25) is 19.4 Å². The number of carbonyl (C=O) groups excluding carboxylic acids is 3. The maximum absolute atomic E-state index is 13.8. The van der Waals surface area contributed by atoms with E-state index in [0.717, 1.165) is 16.7 Å². The third-order valence-corrected chi connectivity index (χ3v) is 6.90. The molecule has 4 atom stereocenters. The lowest BCUT2D eigenvalue weighted by molar-refractivity contribution is -0.129. The van der Waals surface area contributed by atoms with Crippen molar-refractivity contribution >= 4 is 35.3 Å². The number of hydrogen-bond acceptors (Lipinski definition) is 5. The van der Waals surface area contributed by atoms with E-state index in [2.05, 4.69) is 10.4 Å². The van der Waals surface area contributed by atoms with Crippen LogP contribution < -0.4 is 10.2 Å². The average Bonchev–Trinajstić information content (AvgIpc) is 3.33. The van der Waals surface area contributed by atoms with Crippen molar-refractivity contribution in [2.75, 3.05) is 10.2 Å². The number of hydrogen-bond donors (Lipinski definition) is 1. The zero-order chi connectivity index (χ0) is 23.4. The topological polar surface area (TPSA) is 82.1 Å². The van der Waals surface area contributed by atoms with Crippen molar-refractivity contribution in [2.45, 2.75) is 19.0 Å². The van der Waals surface area contributed by atoms with E-state index in [9.17, 15) is 14.4 Å². The maximum atomic E-state index is 13.8. The molecule has 34 heavy (non-hydrogen) atoms. The molecule has 7 nitrogen and oxygen atoms in total. The van der Waals surface area contributed by atoms with Crippen LogP contribution in [-0.4, -0.2) is 35.0 Å². The summed E-state index contributed by atoms with van der Waals surface area (Å²) in [6, 6.07) is 22.7. The number of para-hydroxylation sites is 1. The van der Waals surface area contributed by atoms with Gasteiger partial charge in [0.15, 0.2) is 0 Å². The fourth-order valence-electron chi connectivity index (χ4n) is 5.35. The van der Waals surface area contributed by atoms with Gasteiger partial charge < -0.3 is 5.32 Å². The largest absolute Gasteiger partial charge is 0.324 e. The summed E-state index contributed by atoms with van der Waals surface area (Å²) in [6.07, 6.45) is 1.70. The van der Waals surface area contributed by atoms with Gasteiger partial charge in [-0.15, -0.1) is 0 Å². The summed E-state index contributed by atoms with van der Waals surface area (Å²) in [5.41, 5.74) is 3.97. The first kappa shape index (κ1) is 20.4. The van der Waals surface area contributed by atoms with Crippen LogP contribution in [0, 0.1) is 18.8 Å². The van der Waals surface area contributed by atoms with Gasteiger partial charge in [-0.25, -0.2) is 4.90 Å². The van der Waals surface area contributed by atoms with Gasteiger partial charge in [-0.05, 0) is 42.3 Å². The minimum absolute atomic E-state index is 0.296. The number of imide groups is 1. The number of hydrazone groups is 1. The quantitative estimate of drug-likeness (QED) is 0.619. The van der Waals surface area contributed by atoms with E-state index in [1.165, 1.54) is 4.90 Å². The first-order valence-electron chi connectivity index (χ1n) is 11.3. The maximum Gasteiger partial charge on any atom is 0.249 e. The van der Waals surface area contributed by atoms with E-state index in [1.807, 2.05) is 61.5 Å². The lowest BCUT2D eigenvalue weighted by Gasteiger charge is -2.33. The normalized spacial score (nSPS) is 24.6. The Balaban J connectivity index is 1.45. The predicted molar refractivity (Wildman–Crippen MR) is 128 cm³/mol. The average molecular weight is 450 g/mol. The van der Waals surface area contributed by atoms with E-state index >= 15 is 0 Å². The highest BCUT2D eigenvalue weighted by molar-refractivity contribution is 6.24. The second-order valence-electron chi connectivity index (χ2n) is 8.90. The Hall–Kier alpha value is -4.26. The molecule has 3 heterocycles. The van der Waals surface area contributed by atoms with Crippen molar-refractivity contribution in [3.63, 3.8) is 0 Å². The van der Waals surface area contributed by atoms with E-state index in [1.54, 1.807) is 35.5 Å². The molecule has 168 valence electrons. The highest BCUT2D eigenvalue weighted by atomic mass is 16.2. The molecule has 0 aromatic heterocycles.